The van der Waals surface area contributed by atoms with Gasteiger partial charge in [-0.15, -0.1) is 0 Å². The molecule has 0 atom stereocenters. The van der Waals surface area contributed by atoms with E-state index in [4.69, 9.17) is 0 Å². The van der Waals surface area contributed by atoms with E-state index in [1.807, 2.05) is 18.1 Å². The van der Waals surface area contributed by atoms with E-state index in [0.717, 1.165) is 0 Å². The number of carbonyl (C=O) groups excluding carboxylic acids is 1. The Morgan fingerprint density at radius 2 is 2.31 bits per heavy atom. The van der Waals surface area contributed by atoms with Crippen molar-refractivity contribution in [2.75, 3.05) is 13.7 Å². The van der Waals surface area contributed by atoms with Crippen LogP contribution in [0.15, 0.2) is 31.1 Å². The number of aromatic nitrogens is 2. The largest absolute Gasteiger partial charge is 0.361 e. The van der Waals surface area contributed by atoms with Crippen LogP contribution in [0.4, 0.5) is 4.79 Å². The van der Waals surface area contributed by atoms with Crippen LogP contribution in [0.3, 0.4) is 0 Å². The van der Waals surface area contributed by atoms with Crippen molar-refractivity contribution in [1.82, 2.24) is 19.4 Å². The Bertz CT molecular complexity index is 330. The molecular weight excluding hydrogens is 168 g/mol. The molecule has 0 saturated carbocycles. The van der Waals surface area contributed by atoms with E-state index in [2.05, 4.69) is 4.98 Å². The third-order valence-corrected chi connectivity index (χ3v) is 1.85. The third-order valence-electron chi connectivity index (χ3n) is 1.85. The van der Waals surface area contributed by atoms with Crippen LogP contribution >= 0.6 is 0 Å². The number of rotatable bonds is 0. The molecule has 0 aliphatic carbocycles. The first kappa shape index (κ1) is 7.85. The van der Waals surface area contributed by atoms with Gasteiger partial charge in [-0.2, -0.15) is 0 Å². The molecule has 0 aromatic carbocycles. The summed E-state index contributed by atoms with van der Waals surface area (Å²) < 4.78 is 1.45. The lowest BCUT2D eigenvalue weighted by molar-refractivity contribution is 0.209. The van der Waals surface area contributed by atoms with Crippen molar-refractivity contribution in [2.45, 2.75) is 0 Å². The summed E-state index contributed by atoms with van der Waals surface area (Å²) in [4.78, 5) is 19.0. The van der Waals surface area contributed by atoms with Gasteiger partial charge in [0.15, 0.2) is 0 Å². The highest BCUT2D eigenvalue weighted by Gasteiger charge is 2.17. The Morgan fingerprint density at radius 1 is 1.46 bits per heavy atom. The van der Waals surface area contributed by atoms with Gasteiger partial charge in [0.1, 0.15) is 6.33 Å². The summed E-state index contributed by atoms with van der Waals surface area (Å²) in [7, 11) is 1.91. The van der Waals surface area contributed by atoms with Crippen LogP contribution in [0.5, 0.6) is 0 Å². The van der Waals surface area contributed by atoms with Crippen molar-refractivity contribution < 1.29 is 4.79 Å². The standard InChI is InChI=1S/C8H10N4O/c1-10-4-5-12(7-10)8(13)11-3-2-9-6-11/h2-6H,7H2,1H3. The smallest absolute Gasteiger partial charge is 0.334 e. The van der Waals surface area contributed by atoms with Gasteiger partial charge in [-0.3, -0.25) is 9.47 Å². The van der Waals surface area contributed by atoms with Gasteiger partial charge in [-0.25, -0.2) is 9.78 Å². The van der Waals surface area contributed by atoms with E-state index in [9.17, 15) is 4.79 Å². The molecule has 68 valence electrons. The summed E-state index contributed by atoms with van der Waals surface area (Å²) >= 11 is 0. The first-order valence-electron chi connectivity index (χ1n) is 3.95. The SMILES string of the molecule is CN1C=CN(C(=O)n2ccnc2)C1. The number of hydrogen-bond acceptors (Lipinski definition) is 3. The van der Waals surface area contributed by atoms with Crippen LogP contribution in [0.1, 0.15) is 0 Å². The van der Waals surface area contributed by atoms with Crippen LogP contribution in [-0.4, -0.2) is 39.1 Å². The summed E-state index contributed by atoms with van der Waals surface area (Å²) in [5, 5.41) is 0. The van der Waals surface area contributed by atoms with E-state index in [1.165, 1.54) is 10.9 Å². The molecule has 0 saturated heterocycles. The lowest BCUT2D eigenvalue weighted by Gasteiger charge is -2.15. The molecule has 0 fully saturated rings. The fraction of sp³-hybridized carbons (Fsp3) is 0.250. The average Bonchev–Trinajstić information content (AvgIpc) is 2.72. The fourth-order valence-corrected chi connectivity index (χ4v) is 1.17. The van der Waals surface area contributed by atoms with Crippen molar-refractivity contribution in [3.05, 3.63) is 31.1 Å². The summed E-state index contributed by atoms with van der Waals surface area (Å²) in [6.07, 6.45) is 8.32. The number of carbonyl (C=O) groups is 1. The van der Waals surface area contributed by atoms with Crippen molar-refractivity contribution >= 4 is 6.03 Å². The second-order valence-corrected chi connectivity index (χ2v) is 2.92. The highest BCUT2D eigenvalue weighted by Crippen LogP contribution is 2.05. The summed E-state index contributed by atoms with van der Waals surface area (Å²) in [6, 6.07) is -0.0851. The maximum Gasteiger partial charge on any atom is 0.334 e. The molecule has 5 nitrogen and oxygen atoms in total. The van der Waals surface area contributed by atoms with Crippen LogP contribution in [0, 0.1) is 0 Å². The molecule has 0 radical (unpaired) electrons. The van der Waals surface area contributed by atoms with Gasteiger partial charge in [0.25, 0.3) is 0 Å². The number of nitrogens with zero attached hydrogens (tertiary/aromatic N) is 4. The topological polar surface area (TPSA) is 41.4 Å². The molecular formula is C8H10N4O. The number of imidazole rings is 1. The predicted octanol–water partition coefficient (Wildman–Crippen LogP) is 0.527. The Hall–Kier alpha value is -1.78. The van der Waals surface area contributed by atoms with Gasteiger partial charge >= 0.3 is 6.03 Å². The minimum atomic E-state index is -0.0851. The van der Waals surface area contributed by atoms with E-state index in [1.54, 1.807) is 23.5 Å². The van der Waals surface area contributed by atoms with Crippen LogP contribution in [-0.2, 0) is 0 Å². The maximum atomic E-state index is 11.6. The number of amides is 1. The molecule has 0 unspecified atom stereocenters. The van der Waals surface area contributed by atoms with Gasteiger partial charge < -0.3 is 4.90 Å². The van der Waals surface area contributed by atoms with Crippen molar-refractivity contribution in [1.29, 1.82) is 0 Å². The second kappa shape index (κ2) is 2.93. The van der Waals surface area contributed by atoms with Crippen LogP contribution < -0.4 is 0 Å². The minimum absolute atomic E-state index is 0.0851. The zero-order chi connectivity index (χ0) is 9.26. The van der Waals surface area contributed by atoms with Crippen LogP contribution in [0.25, 0.3) is 0 Å². The number of hydrogen-bond donors (Lipinski definition) is 0. The Balaban J connectivity index is 2.11. The predicted molar refractivity (Wildman–Crippen MR) is 46.6 cm³/mol. The molecule has 13 heavy (non-hydrogen) atoms. The zero-order valence-corrected chi connectivity index (χ0v) is 7.29. The Kier molecular flexibility index (Phi) is 1.77. The van der Waals surface area contributed by atoms with Gasteiger partial charge in [0.05, 0.1) is 6.67 Å². The van der Waals surface area contributed by atoms with Gasteiger partial charge in [-0.05, 0) is 0 Å². The van der Waals surface area contributed by atoms with Gasteiger partial charge in [-0.1, -0.05) is 0 Å². The molecule has 0 bridgehead atoms. The van der Waals surface area contributed by atoms with Crippen molar-refractivity contribution in [3.8, 4) is 0 Å². The van der Waals surface area contributed by atoms with Crippen LogP contribution in [0.2, 0.25) is 0 Å². The summed E-state index contributed by atoms with van der Waals surface area (Å²) in [5.41, 5.74) is 0. The third kappa shape index (κ3) is 1.40. The normalized spacial score (nSPS) is 15.5. The lowest BCUT2D eigenvalue weighted by Crippen LogP contribution is -2.31. The van der Waals surface area contributed by atoms with E-state index in [-0.39, 0.29) is 6.03 Å². The lowest BCUT2D eigenvalue weighted by atomic mass is 10.7. The summed E-state index contributed by atoms with van der Waals surface area (Å²) in [6.45, 7) is 0.594. The minimum Gasteiger partial charge on any atom is -0.361 e. The molecule has 2 heterocycles. The molecule has 1 aromatic heterocycles. The van der Waals surface area contributed by atoms with Crippen molar-refractivity contribution in [2.24, 2.45) is 0 Å². The Labute approximate surface area is 75.9 Å². The molecule has 1 aliphatic heterocycles. The van der Waals surface area contributed by atoms with Gasteiger partial charge in [0, 0.05) is 31.8 Å². The fourth-order valence-electron chi connectivity index (χ4n) is 1.17. The first-order chi connectivity index (χ1) is 6.27. The highest BCUT2D eigenvalue weighted by atomic mass is 16.2. The summed E-state index contributed by atoms with van der Waals surface area (Å²) in [5.74, 6) is 0. The van der Waals surface area contributed by atoms with E-state index >= 15 is 0 Å². The molecule has 1 aromatic rings. The Morgan fingerprint density at radius 3 is 2.85 bits per heavy atom. The molecule has 1 aliphatic rings. The zero-order valence-electron chi connectivity index (χ0n) is 7.29. The molecule has 5 heteroatoms. The molecule has 1 amide bonds. The monoisotopic (exact) mass is 178 g/mol. The second-order valence-electron chi connectivity index (χ2n) is 2.92. The van der Waals surface area contributed by atoms with Crippen molar-refractivity contribution in [3.63, 3.8) is 0 Å². The molecule has 0 N–H and O–H groups in total. The molecule has 0 spiro atoms. The van der Waals surface area contributed by atoms with E-state index in [0.29, 0.717) is 6.67 Å². The average molecular weight is 178 g/mol. The highest BCUT2D eigenvalue weighted by molar-refractivity contribution is 5.77. The van der Waals surface area contributed by atoms with Gasteiger partial charge in [0.2, 0.25) is 0 Å². The first-order valence-corrected chi connectivity index (χ1v) is 3.95. The quantitative estimate of drug-likeness (QED) is 0.581. The molecule has 2 rings (SSSR count). The van der Waals surface area contributed by atoms with E-state index < -0.39 is 0 Å². The maximum absolute atomic E-state index is 11.6.